The van der Waals surface area contributed by atoms with Crippen molar-refractivity contribution < 1.29 is 4.79 Å². The number of carbonyl (C=O) groups is 1. The molecule has 0 fully saturated rings. The third kappa shape index (κ3) is 4.52. The number of nitrogens with one attached hydrogen (secondary N) is 2. The fourth-order valence-electron chi connectivity index (χ4n) is 2.74. The molecule has 3 rings (SSSR count). The Morgan fingerprint density at radius 1 is 1.12 bits per heavy atom. The first-order chi connectivity index (χ1) is 12.5. The Labute approximate surface area is 161 Å². The smallest absolute Gasteiger partial charge is 0.308 e. The highest BCUT2D eigenvalue weighted by atomic mass is 79.9. The topological polar surface area (TPSA) is 59.0 Å². The SMILES string of the molecule is CCCc1ccc(NC(=O)Nc2cccc(-c3nn(C)cc3Br)c2)cc1. The molecule has 26 heavy (non-hydrogen) atoms. The largest absolute Gasteiger partial charge is 0.323 e. The lowest BCUT2D eigenvalue weighted by Gasteiger charge is -2.09. The van der Waals surface area contributed by atoms with Gasteiger partial charge in [0.25, 0.3) is 0 Å². The summed E-state index contributed by atoms with van der Waals surface area (Å²) in [5.74, 6) is 0. The van der Waals surface area contributed by atoms with Gasteiger partial charge in [0.15, 0.2) is 0 Å². The van der Waals surface area contributed by atoms with E-state index in [0.717, 1.165) is 34.3 Å². The van der Waals surface area contributed by atoms with E-state index in [9.17, 15) is 4.79 Å². The van der Waals surface area contributed by atoms with Crippen LogP contribution in [0.25, 0.3) is 11.3 Å². The molecule has 0 atom stereocenters. The van der Waals surface area contributed by atoms with Crippen molar-refractivity contribution in [1.82, 2.24) is 9.78 Å². The maximum absolute atomic E-state index is 12.3. The van der Waals surface area contributed by atoms with Gasteiger partial charge < -0.3 is 10.6 Å². The quantitative estimate of drug-likeness (QED) is 0.585. The zero-order chi connectivity index (χ0) is 18.5. The van der Waals surface area contributed by atoms with E-state index >= 15 is 0 Å². The van der Waals surface area contributed by atoms with Gasteiger partial charge in [-0.1, -0.05) is 37.6 Å². The van der Waals surface area contributed by atoms with Crippen LogP contribution in [0, 0.1) is 0 Å². The van der Waals surface area contributed by atoms with Crippen molar-refractivity contribution >= 4 is 33.3 Å². The van der Waals surface area contributed by atoms with E-state index in [4.69, 9.17) is 0 Å². The Bertz CT molecular complexity index is 902. The first kappa shape index (κ1) is 18.2. The molecular weight excluding hydrogens is 392 g/mol. The van der Waals surface area contributed by atoms with Crippen LogP contribution in [-0.2, 0) is 13.5 Å². The Balaban J connectivity index is 1.67. The lowest BCUT2D eigenvalue weighted by Crippen LogP contribution is -2.19. The number of aryl methyl sites for hydroxylation is 2. The number of halogens is 1. The number of rotatable bonds is 5. The number of amides is 2. The summed E-state index contributed by atoms with van der Waals surface area (Å²) in [6.45, 7) is 2.15. The van der Waals surface area contributed by atoms with Gasteiger partial charge in [0.05, 0.1) is 4.47 Å². The summed E-state index contributed by atoms with van der Waals surface area (Å²) in [6, 6.07) is 15.3. The third-order valence-corrected chi connectivity index (χ3v) is 4.51. The monoisotopic (exact) mass is 412 g/mol. The molecule has 0 aliphatic carbocycles. The van der Waals surface area contributed by atoms with E-state index in [1.165, 1.54) is 5.56 Å². The summed E-state index contributed by atoms with van der Waals surface area (Å²) in [4.78, 5) is 12.3. The zero-order valence-electron chi connectivity index (χ0n) is 14.8. The maximum atomic E-state index is 12.3. The molecule has 0 spiro atoms. The second kappa shape index (κ2) is 8.19. The van der Waals surface area contributed by atoms with Crippen molar-refractivity contribution in [3.63, 3.8) is 0 Å². The number of anilines is 2. The predicted molar refractivity (Wildman–Crippen MR) is 109 cm³/mol. The van der Waals surface area contributed by atoms with Crippen molar-refractivity contribution in [3.8, 4) is 11.3 Å². The number of nitrogens with zero attached hydrogens (tertiary/aromatic N) is 2. The normalized spacial score (nSPS) is 10.6. The highest BCUT2D eigenvalue weighted by molar-refractivity contribution is 9.10. The van der Waals surface area contributed by atoms with Gasteiger partial charge in [-0.3, -0.25) is 4.68 Å². The summed E-state index contributed by atoms with van der Waals surface area (Å²) in [7, 11) is 1.87. The molecule has 3 aromatic rings. The summed E-state index contributed by atoms with van der Waals surface area (Å²) in [5.41, 5.74) is 4.51. The van der Waals surface area contributed by atoms with Crippen LogP contribution in [0.3, 0.4) is 0 Å². The van der Waals surface area contributed by atoms with Gasteiger partial charge in [-0.05, 0) is 52.2 Å². The van der Waals surface area contributed by atoms with Crippen LogP contribution in [0.5, 0.6) is 0 Å². The van der Waals surface area contributed by atoms with E-state index in [-0.39, 0.29) is 6.03 Å². The molecule has 6 heteroatoms. The summed E-state index contributed by atoms with van der Waals surface area (Å²) in [6.07, 6.45) is 4.04. The molecule has 0 unspecified atom stereocenters. The van der Waals surface area contributed by atoms with Gasteiger partial charge in [-0.15, -0.1) is 0 Å². The molecule has 0 radical (unpaired) electrons. The summed E-state index contributed by atoms with van der Waals surface area (Å²) >= 11 is 3.51. The first-order valence-electron chi connectivity index (χ1n) is 8.51. The van der Waals surface area contributed by atoms with Crippen LogP contribution in [-0.4, -0.2) is 15.8 Å². The minimum absolute atomic E-state index is 0.273. The number of hydrogen-bond acceptors (Lipinski definition) is 2. The Morgan fingerprint density at radius 3 is 2.50 bits per heavy atom. The Morgan fingerprint density at radius 2 is 1.85 bits per heavy atom. The maximum Gasteiger partial charge on any atom is 0.323 e. The minimum Gasteiger partial charge on any atom is -0.308 e. The van der Waals surface area contributed by atoms with Gasteiger partial charge in [-0.25, -0.2) is 4.79 Å². The van der Waals surface area contributed by atoms with E-state index in [0.29, 0.717) is 5.69 Å². The zero-order valence-corrected chi connectivity index (χ0v) is 16.4. The van der Waals surface area contributed by atoms with Crippen molar-refractivity contribution in [2.75, 3.05) is 10.6 Å². The summed E-state index contributed by atoms with van der Waals surface area (Å²) < 4.78 is 2.66. The van der Waals surface area contributed by atoms with Gasteiger partial charge in [0.2, 0.25) is 0 Å². The second-order valence-corrected chi connectivity index (χ2v) is 6.96. The predicted octanol–water partition coefficient (Wildman–Crippen LogP) is 5.45. The minimum atomic E-state index is -0.273. The lowest BCUT2D eigenvalue weighted by atomic mass is 10.1. The van der Waals surface area contributed by atoms with Crippen LogP contribution in [0.1, 0.15) is 18.9 Å². The molecule has 2 N–H and O–H groups in total. The molecule has 5 nitrogen and oxygen atoms in total. The molecular formula is C20H21BrN4O. The van der Waals surface area contributed by atoms with Crippen molar-refractivity contribution in [2.45, 2.75) is 19.8 Å². The third-order valence-electron chi connectivity index (χ3n) is 3.93. The van der Waals surface area contributed by atoms with Crippen LogP contribution >= 0.6 is 15.9 Å². The van der Waals surface area contributed by atoms with Crippen LogP contribution < -0.4 is 10.6 Å². The van der Waals surface area contributed by atoms with E-state index in [2.05, 4.69) is 38.6 Å². The van der Waals surface area contributed by atoms with Gasteiger partial charge in [0.1, 0.15) is 5.69 Å². The van der Waals surface area contributed by atoms with E-state index < -0.39 is 0 Å². The molecule has 0 bridgehead atoms. The lowest BCUT2D eigenvalue weighted by molar-refractivity contribution is 0.262. The van der Waals surface area contributed by atoms with E-state index in [1.54, 1.807) is 4.68 Å². The van der Waals surface area contributed by atoms with Crippen molar-refractivity contribution in [3.05, 3.63) is 64.8 Å². The molecule has 2 aromatic carbocycles. The van der Waals surface area contributed by atoms with Gasteiger partial charge in [0, 0.05) is 30.2 Å². The number of carbonyl (C=O) groups excluding carboxylic acids is 1. The molecule has 2 amide bonds. The second-order valence-electron chi connectivity index (χ2n) is 6.11. The van der Waals surface area contributed by atoms with Crippen molar-refractivity contribution in [2.24, 2.45) is 7.05 Å². The average molecular weight is 413 g/mol. The van der Waals surface area contributed by atoms with Crippen molar-refractivity contribution in [1.29, 1.82) is 0 Å². The molecule has 0 aliphatic heterocycles. The van der Waals surface area contributed by atoms with E-state index in [1.807, 2.05) is 61.8 Å². The molecule has 134 valence electrons. The van der Waals surface area contributed by atoms with Gasteiger partial charge in [-0.2, -0.15) is 5.10 Å². The summed E-state index contributed by atoms with van der Waals surface area (Å²) in [5, 5.41) is 10.2. The molecule has 0 saturated heterocycles. The number of urea groups is 1. The Kier molecular flexibility index (Phi) is 5.73. The fraction of sp³-hybridized carbons (Fsp3) is 0.200. The highest BCUT2D eigenvalue weighted by Crippen LogP contribution is 2.28. The molecule has 1 heterocycles. The van der Waals surface area contributed by atoms with Crippen LogP contribution in [0.2, 0.25) is 0 Å². The highest BCUT2D eigenvalue weighted by Gasteiger charge is 2.09. The number of hydrogen-bond donors (Lipinski definition) is 2. The first-order valence-corrected chi connectivity index (χ1v) is 9.31. The van der Waals surface area contributed by atoms with Gasteiger partial charge >= 0.3 is 6.03 Å². The fourth-order valence-corrected chi connectivity index (χ4v) is 3.34. The number of aromatic nitrogens is 2. The van der Waals surface area contributed by atoms with Crippen LogP contribution in [0.15, 0.2) is 59.2 Å². The Hall–Kier alpha value is -2.60. The van der Waals surface area contributed by atoms with Crippen LogP contribution in [0.4, 0.5) is 16.2 Å². The average Bonchev–Trinajstić information content (AvgIpc) is 2.95. The number of benzene rings is 2. The molecule has 0 saturated carbocycles. The molecule has 0 aliphatic rings. The standard InChI is InChI=1S/C20H21BrN4O/c1-3-5-14-8-10-16(11-9-14)22-20(26)23-17-7-4-6-15(12-17)19-18(21)13-25(2)24-19/h4,6-13H,3,5H2,1-2H3,(H2,22,23,26). The molecule has 1 aromatic heterocycles.